The lowest BCUT2D eigenvalue weighted by molar-refractivity contribution is -0.00780. The van der Waals surface area contributed by atoms with E-state index in [2.05, 4.69) is 23.1 Å². The van der Waals surface area contributed by atoms with Crippen molar-refractivity contribution in [3.05, 3.63) is 29.3 Å². The van der Waals surface area contributed by atoms with E-state index >= 15 is 0 Å². The lowest BCUT2D eigenvalue weighted by Crippen LogP contribution is -2.52. The molecule has 3 aliphatic heterocycles. The third-order valence-electron chi connectivity index (χ3n) is 5.20. The van der Waals surface area contributed by atoms with Gasteiger partial charge in [0, 0.05) is 6.54 Å². The minimum absolute atomic E-state index is 0.434. The second-order valence-electron chi connectivity index (χ2n) is 6.43. The van der Waals surface area contributed by atoms with Crippen molar-refractivity contribution in [2.45, 2.75) is 44.6 Å². The Morgan fingerprint density at radius 3 is 2.53 bits per heavy atom. The highest BCUT2D eigenvalue weighted by Crippen LogP contribution is 2.32. The summed E-state index contributed by atoms with van der Waals surface area (Å²) in [6, 6.07) is 6.80. The zero-order valence-electron chi connectivity index (χ0n) is 11.6. The summed E-state index contributed by atoms with van der Waals surface area (Å²) in [6.07, 6.45) is 8.29. The van der Waals surface area contributed by atoms with Crippen LogP contribution in [-0.4, -0.2) is 30.6 Å². The van der Waals surface area contributed by atoms with Crippen LogP contribution in [0.1, 0.15) is 36.8 Å². The molecule has 2 bridgehead atoms. The third kappa shape index (κ3) is 2.27. The van der Waals surface area contributed by atoms with Crippen LogP contribution in [0.2, 0.25) is 0 Å². The molecule has 0 saturated carbocycles. The highest BCUT2D eigenvalue weighted by Gasteiger charge is 2.35. The molecule has 1 atom stereocenters. The molecule has 3 saturated heterocycles. The maximum absolute atomic E-state index is 6.31. The van der Waals surface area contributed by atoms with Crippen LogP contribution >= 0.6 is 0 Å². The summed E-state index contributed by atoms with van der Waals surface area (Å²) in [7, 11) is 0. The molecule has 3 heterocycles. The molecule has 0 spiro atoms. The number of fused-ring (bicyclic) bond motifs is 4. The van der Waals surface area contributed by atoms with E-state index in [0.29, 0.717) is 6.10 Å². The summed E-state index contributed by atoms with van der Waals surface area (Å²) < 4.78 is 6.31. The number of benzene rings is 1. The zero-order valence-corrected chi connectivity index (χ0v) is 11.6. The van der Waals surface area contributed by atoms with Gasteiger partial charge in [0.15, 0.2) is 0 Å². The van der Waals surface area contributed by atoms with Crippen molar-refractivity contribution in [3.8, 4) is 5.75 Å². The van der Waals surface area contributed by atoms with Crippen molar-refractivity contribution in [2.24, 2.45) is 5.92 Å². The SMILES string of the molecule is c1cc2c(cc1OC1CN3CCC1CC3)CCCC2. The van der Waals surface area contributed by atoms with E-state index in [1.54, 1.807) is 5.56 Å². The molecule has 0 radical (unpaired) electrons. The van der Waals surface area contributed by atoms with Gasteiger partial charge in [-0.2, -0.15) is 0 Å². The Labute approximate surface area is 115 Å². The van der Waals surface area contributed by atoms with Gasteiger partial charge in [-0.25, -0.2) is 0 Å². The molecule has 1 aliphatic carbocycles. The van der Waals surface area contributed by atoms with Gasteiger partial charge in [-0.15, -0.1) is 0 Å². The maximum atomic E-state index is 6.31. The van der Waals surface area contributed by atoms with Gasteiger partial charge < -0.3 is 4.74 Å². The molecule has 2 heteroatoms. The Hall–Kier alpha value is -1.02. The molecule has 5 rings (SSSR count). The number of nitrogens with zero attached hydrogens (tertiary/aromatic N) is 1. The first-order valence-corrected chi connectivity index (χ1v) is 7.89. The summed E-state index contributed by atoms with van der Waals surface area (Å²) in [5.41, 5.74) is 3.08. The van der Waals surface area contributed by atoms with Gasteiger partial charge in [0.25, 0.3) is 0 Å². The van der Waals surface area contributed by atoms with Crippen LogP contribution in [0.4, 0.5) is 0 Å². The summed E-state index contributed by atoms with van der Waals surface area (Å²) in [4.78, 5) is 2.56. The Morgan fingerprint density at radius 2 is 1.79 bits per heavy atom. The van der Waals surface area contributed by atoms with Gasteiger partial charge >= 0.3 is 0 Å². The fourth-order valence-corrected chi connectivity index (χ4v) is 4.00. The predicted octanol–water partition coefficient (Wildman–Crippen LogP) is 3.04. The minimum atomic E-state index is 0.434. The Bertz CT molecular complexity index is 462. The van der Waals surface area contributed by atoms with Crippen molar-refractivity contribution in [3.63, 3.8) is 0 Å². The van der Waals surface area contributed by atoms with E-state index in [0.717, 1.165) is 18.2 Å². The van der Waals surface area contributed by atoms with Gasteiger partial charge in [-0.3, -0.25) is 4.90 Å². The van der Waals surface area contributed by atoms with Crippen molar-refractivity contribution in [2.75, 3.05) is 19.6 Å². The van der Waals surface area contributed by atoms with E-state index in [1.165, 1.54) is 57.2 Å². The lowest BCUT2D eigenvalue weighted by Gasteiger charge is -2.44. The number of ether oxygens (including phenoxy) is 1. The molecule has 102 valence electrons. The molecule has 1 aromatic carbocycles. The van der Waals surface area contributed by atoms with E-state index in [4.69, 9.17) is 4.74 Å². The first kappa shape index (κ1) is 11.8. The largest absolute Gasteiger partial charge is 0.489 e. The second-order valence-corrected chi connectivity index (χ2v) is 6.43. The Morgan fingerprint density at radius 1 is 1.00 bits per heavy atom. The lowest BCUT2D eigenvalue weighted by atomic mass is 9.86. The first-order chi connectivity index (χ1) is 9.38. The molecule has 0 aromatic heterocycles. The Balaban J connectivity index is 1.50. The van der Waals surface area contributed by atoms with Crippen molar-refractivity contribution in [1.82, 2.24) is 4.90 Å². The molecular formula is C17H23NO. The molecule has 0 amide bonds. The maximum Gasteiger partial charge on any atom is 0.120 e. The number of rotatable bonds is 2. The van der Waals surface area contributed by atoms with Crippen LogP contribution in [0.15, 0.2) is 18.2 Å². The molecule has 1 aromatic rings. The van der Waals surface area contributed by atoms with E-state index in [1.807, 2.05) is 0 Å². The van der Waals surface area contributed by atoms with Gasteiger partial charge in [-0.1, -0.05) is 6.07 Å². The van der Waals surface area contributed by atoms with Gasteiger partial charge in [-0.05, 0) is 80.8 Å². The normalized spacial score (nSPS) is 32.9. The topological polar surface area (TPSA) is 12.5 Å². The first-order valence-electron chi connectivity index (χ1n) is 7.89. The van der Waals surface area contributed by atoms with Crippen LogP contribution in [0, 0.1) is 5.92 Å². The zero-order chi connectivity index (χ0) is 12.7. The molecule has 19 heavy (non-hydrogen) atoms. The smallest absolute Gasteiger partial charge is 0.120 e. The molecule has 3 fully saturated rings. The fourth-order valence-electron chi connectivity index (χ4n) is 4.00. The number of piperidine rings is 3. The summed E-state index contributed by atoms with van der Waals surface area (Å²) in [6.45, 7) is 3.71. The van der Waals surface area contributed by atoms with E-state index in [9.17, 15) is 0 Å². The van der Waals surface area contributed by atoms with E-state index in [-0.39, 0.29) is 0 Å². The molecule has 0 N–H and O–H groups in total. The summed E-state index contributed by atoms with van der Waals surface area (Å²) in [5.74, 6) is 1.90. The van der Waals surface area contributed by atoms with Crippen molar-refractivity contribution < 1.29 is 4.74 Å². The minimum Gasteiger partial charge on any atom is -0.489 e. The number of hydrogen-bond acceptors (Lipinski definition) is 2. The average Bonchev–Trinajstić information content (AvgIpc) is 2.48. The standard InChI is InChI=1S/C17H23NO/c1-2-4-15-11-16(6-5-13(15)3-1)19-17-12-18-9-7-14(17)8-10-18/h5-6,11,14,17H,1-4,7-10,12H2. The van der Waals surface area contributed by atoms with E-state index < -0.39 is 0 Å². The van der Waals surface area contributed by atoms with Crippen molar-refractivity contribution in [1.29, 1.82) is 0 Å². The fraction of sp³-hybridized carbons (Fsp3) is 0.647. The van der Waals surface area contributed by atoms with Crippen LogP contribution in [0.3, 0.4) is 0 Å². The monoisotopic (exact) mass is 257 g/mol. The molecular weight excluding hydrogens is 234 g/mol. The quantitative estimate of drug-likeness (QED) is 0.807. The van der Waals surface area contributed by atoms with Crippen LogP contribution in [0.5, 0.6) is 5.75 Å². The number of hydrogen-bond donors (Lipinski definition) is 0. The number of aryl methyl sites for hydroxylation is 2. The van der Waals surface area contributed by atoms with Gasteiger partial charge in [0.2, 0.25) is 0 Å². The average molecular weight is 257 g/mol. The highest BCUT2D eigenvalue weighted by molar-refractivity contribution is 5.37. The molecule has 4 aliphatic rings. The van der Waals surface area contributed by atoms with Crippen LogP contribution < -0.4 is 4.74 Å². The van der Waals surface area contributed by atoms with Gasteiger partial charge in [0.05, 0.1) is 0 Å². The van der Waals surface area contributed by atoms with Crippen molar-refractivity contribution >= 4 is 0 Å². The Kier molecular flexibility index (Phi) is 2.99. The highest BCUT2D eigenvalue weighted by atomic mass is 16.5. The summed E-state index contributed by atoms with van der Waals surface area (Å²) >= 11 is 0. The molecule has 2 nitrogen and oxygen atoms in total. The molecule has 1 unspecified atom stereocenters. The van der Waals surface area contributed by atoms with Crippen LogP contribution in [0.25, 0.3) is 0 Å². The predicted molar refractivity (Wildman–Crippen MR) is 76.7 cm³/mol. The summed E-state index contributed by atoms with van der Waals surface area (Å²) in [5, 5.41) is 0. The third-order valence-corrected chi connectivity index (χ3v) is 5.20. The van der Waals surface area contributed by atoms with Gasteiger partial charge in [0.1, 0.15) is 11.9 Å². The second kappa shape index (κ2) is 4.82. The van der Waals surface area contributed by atoms with Crippen LogP contribution in [-0.2, 0) is 12.8 Å².